The minimum atomic E-state index is -0.543. The van der Waals surface area contributed by atoms with Gasteiger partial charge in [0.1, 0.15) is 5.58 Å². The number of hydrogen-bond donors (Lipinski definition) is 0. The monoisotopic (exact) mass is 282 g/mol. The molecule has 0 unspecified atom stereocenters. The van der Waals surface area contributed by atoms with E-state index in [1.54, 1.807) is 30.3 Å². The Balaban J connectivity index is 1.86. The summed E-state index contributed by atoms with van der Waals surface area (Å²) < 4.78 is 16.3. The lowest BCUT2D eigenvalue weighted by Crippen LogP contribution is -2.08. The third-order valence-corrected chi connectivity index (χ3v) is 2.98. The van der Waals surface area contributed by atoms with Crippen LogP contribution in [0.4, 0.5) is 0 Å². The molecule has 1 aromatic heterocycles. The van der Waals surface area contributed by atoms with Gasteiger partial charge in [0.05, 0.1) is 6.61 Å². The summed E-state index contributed by atoms with van der Waals surface area (Å²) in [6.07, 6.45) is 0. The van der Waals surface area contributed by atoms with Gasteiger partial charge >= 0.3 is 5.97 Å². The van der Waals surface area contributed by atoms with Crippen molar-refractivity contribution in [1.29, 1.82) is 0 Å². The van der Waals surface area contributed by atoms with Crippen LogP contribution < -0.4 is 9.47 Å². The van der Waals surface area contributed by atoms with Crippen molar-refractivity contribution < 1.29 is 18.7 Å². The molecule has 0 spiro atoms. The lowest BCUT2D eigenvalue weighted by atomic mass is 10.2. The van der Waals surface area contributed by atoms with Crippen molar-refractivity contribution in [3.8, 4) is 11.5 Å². The molecule has 0 bridgehead atoms. The van der Waals surface area contributed by atoms with E-state index >= 15 is 0 Å². The van der Waals surface area contributed by atoms with E-state index < -0.39 is 5.97 Å². The Kier molecular flexibility index (Phi) is 3.60. The van der Waals surface area contributed by atoms with Gasteiger partial charge in [-0.05, 0) is 31.2 Å². The Labute approximate surface area is 121 Å². The molecule has 4 heteroatoms. The van der Waals surface area contributed by atoms with Gasteiger partial charge in [0.2, 0.25) is 5.76 Å². The maximum atomic E-state index is 12.2. The zero-order valence-corrected chi connectivity index (χ0v) is 11.5. The van der Waals surface area contributed by atoms with Crippen LogP contribution in [0, 0.1) is 0 Å². The van der Waals surface area contributed by atoms with Gasteiger partial charge in [0.15, 0.2) is 11.5 Å². The molecule has 3 rings (SSSR count). The lowest BCUT2D eigenvalue weighted by molar-refractivity contribution is 0.0697. The topological polar surface area (TPSA) is 48.7 Å². The molecular weight excluding hydrogens is 268 g/mol. The molecule has 0 aliphatic carbocycles. The summed E-state index contributed by atoms with van der Waals surface area (Å²) in [4.78, 5) is 12.2. The van der Waals surface area contributed by atoms with Crippen molar-refractivity contribution >= 4 is 16.9 Å². The molecular formula is C17H14O4. The third-order valence-electron chi connectivity index (χ3n) is 2.98. The molecule has 0 fully saturated rings. The molecule has 0 N–H and O–H groups in total. The summed E-state index contributed by atoms with van der Waals surface area (Å²) in [5.74, 6) is 0.537. The van der Waals surface area contributed by atoms with Crippen LogP contribution in [-0.2, 0) is 0 Å². The number of rotatable bonds is 4. The molecule has 0 aliphatic heterocycles. The second-order valence-corrected chi connectivity index (χ2v) is 4.42. The van der Waals surface area contributed by atoms with Gasteiger partial charge in [-0.1, -0.05) is 30.3 Å². The Morgan fingerprint density at radius 2 is 1.76 bits per heavy atom. The Bertz CT molecular complexity index is 740. The van der Waals surface area contributed by atoms with E-state index in [4.69, 9.17) is 13.9 Å². The summed E-state index contributed by atoms with van der Waals surface area (Å²) in [7, 11) is 0. The number of esters is 1. The smallest absolute Gasteiger partial charge is 0.379 e. The molecule has 4 nitrogen and oxygen atoms in total. The van der Waals surface area contributed by atoms with E-state index in [-0.39, 0.29) is 5.76 Å². The number of para-hydroxylation sites is 3. The number of carbonyl (C=O) groups is 1. The largest absolute Gasteiger partial charge is 0.490 e. The van der Waals surface area contributed by atoms with Crippen LogP contribution in [0.1, 0.15) is 17.5 Å². The van der Waals surface area contributed by atoms with Gasteiger partial charge in [-0.15, -0.1) is 0 Å². The van der Waals surface area contributed by atoms with Crippen molar-refractivity contribution in [3.63, 3.8) is 0 Å². The third kappa shape index (κ3) is 2.74. The predicted molar refractivity (Wildman–Crippen MR) is 78.8 cm³/mol. The van der Waals surface area contributed by atoms with Gasteiger partial charge in [-0.3, -0.25) is 0 Å². The van der Waals surface area contributed by atoms with Crippen LogP contribution in [0.25, 0.3) is 11.0 Å². The van der Waals surface area contributed by atoms with Crippen LogP contribution in [0.15, 0.2) is 59.0 Å². The van der Waals surface area contributed by atoms with Crippen molar-refractivity contribution in [2.45, 2.75) is 6.92 Å². The van der Waals surface area contributed by atoms with E-state index in [9.17, 15) is 4.79 Å². The summed E-state index contributed by atoms with van der Waals surface area (Å²) in [5, 5.41) is 0.863. The van der Waals surface area contributed by atoms with Crippen molar-refractivity contribution in [2.75, 3.05) is 6.61 Å². The first kappa shape index (κ1) is 13.2. The average Bonchev–Trinajstić information content (AvgIpc) is 2.93. The minimum absolute atomic E-state index is 0.169. The van der Waals surface area contributed by atoms with Crippen LogP contribution in [0.3, 0.4) is 0 Å². The Hall–Kier alpha value is -2.75. The highest BCUT2D eigenvalue weighted by molar-refractivity contribution is 5.93. The van der Waals surface area contributed by atoms with Crippen LogP contribution in [0.2, 0.25) is 0 Å². The average molecular weight is 282 g/mol. The zero-order valence-electron chi connectivity index (χ0n) is 11.5. The highest BCUT2D eigenvalue weighted by Gasteiger charge is 2.16. The zero-order chi connectivity index (χ0) is 14.7. The molecule has 0 saturated carbocycles. The highest BCUT2D eigenvalue weighted by Crippen LogP contribution is 2.28. The summed E-state index contributed by atoms with van der Waals surface area (Å²) in [6.45, 7) is 2.37. The standard InChI is InChI=1S/C17H14O4/c1-2-19-14-9-5-6-10-15(14)21-17(18)16-11-12-7-3-4-8-13(12)20-16/h3-11H,2H2,1H3. The summed E-state index contributed by atoms with van der Waals surface area (Å²) in [5.41, 5.74) is 0.655. The fourth-order valence-corrected chi connectivity index (χ4v) is 2.04. The van der Waals surface area contributed by atoms with Crippen molar-refractivity contribution in [3.05, 3.63) is 60.4 Å². The number of furan rings is 1. The maximum absolute atomic E-state index is 12.2. The fraction of sp³-hybridized carbons (Fsp3) is 0.118. The molecule has 1 heterocycles. The molecule has 0 aliphatic rings. The second-order valence-electron chi connectivity index (χ2n) is 4.42. The van der Waals surface area contributed by atoms with Gasteiger partial charge in [-0.2, -0.15) is 0 Å². The SMILES string of the molecule is CCOc1ccccc1OC(=O)c1cc2ccccc2o1. The molecule has 0 saturated heterocycles. The fourth-order valence-electron chi connectivity index (χ4n) is 2.04. The number of carbonyl (C=O) groups excluding carboxylic acids is 1. The quantitative estimate of drug-likeness (QED) is 0.535. The maximum Gasteiger partial charge on any atom is 0.379 e. The summed E-state index contributed by atoms with van der Waals surface area (Å²) in [6, 6.07) is 16.1. The van der Waals surface area contributed by atoms with Crippen LogP contribution in [-0.4, -0.2) is 12.6 Å². The van der Waals surface area contributed by atoms with Gasteiger partial charge in [0, 0.05) is 5.39 Å². The molecule has 0 radical (unpaired) electrons. The first-order chi connectivity index (χ1) is 10.3. The lowest BCUT2D eigenvalue weighted by Gasteiger charge is -2.08. The van der Waals surface area contributed by atoms with Gasteiger partial charge in [0.25, 0.3) is 0 Å². The molecule has 21 heavy (non-hydrogen) atoms. The van der Waals surface area contributed by atoms with E-state index in [1.807, 2.05) is 31.2 Å². The minimum Gasteiger partial charge on any atom is -0.490 e. The first-order valence-corrected chi connectivity index (χ1v) is 6.70. The second kappa shape index (κ2) is 5.71. The van der Waals surface area contributed by atoms with Crippen molar-refractivity contribution in [1.82, 2.24) is 0 Å². The molecule has 2 aromatic carbocycles. The van der Waals surface area contributed by atoms with E-state index in [0.717, 1.165) is 5.39 Å². The van der Waals surface area contributed by atoms with E-state index in [2.05, 4.69) is 0 Å². The molecule has 3 aromatic rings. The van der Waals surface area contributed by atoms with E-state index in [1.165, 1.54) is 0 Å². The molecule has 106 valence electrons. The first-order valence-electron chi connectivity index (χ1n) is 6.70. The van der Waals surface area contributed by atoms with Crippen LogP contribution >= 0.6 is 0 Å². The Morgan fingerprint density at radius 1 is 1.05 bits per heavy atom. The number of benzene rings is 2. The molecule has 0 amide bonds. The van der Waals surface area contributed by atoms with Crippen molar-refractivity contribution in [2.24, 2.45) is 0 Å². The van der Waals surface area contributed by atoms with Gasteiger partial charge < -0.3 is 13.9 Å². The predicted octanol–water partition coefficient (Wildman–Crippen LogP) is 4.05. The van der Waals surface area contributed by atoms with Gasteiger partial charge in [-0.25, -0.2) is 4.79 Å². The number of hydrogen-bond acceptors (Lipinski definition) is 4. The highest BCUT2D eigenvalue weighted by atomic mass is 16.6. The number of fused-ring (bicyclic) bond motifs is 1. The molecule has 0 atom stereocenters. The normalized spacial score (nSPS) is 10.5. The summed E-state index contributed by atoms with van der Waals surface area (Å²) >= 11 is 0. The Morgan fingerprint density at radius 3 is 2.52 bits per heavy atom. The van der Waals surface area contributed by atoms with Crippen LogP contribution in [0.5, 0.6) is 11.5 Å². The van der Waals surface area contributed by atoms with E-state index in [0.29, 0.717) is 23.7 Å². The number of ether oxygens (including phenoxy) is 2.